The minimum absolute atomic E-state index is 0.130. The predicted molar refractivity (Wildman–Crippen MR) is 106 cm³/mol. The van der Waals surface area contributed by atoms with Crippen LogP contribution in [0.2, 0.25) is 0 Å². The lowest BCUT2D eigenvalue weighted by Crippen LogP contribution is -2.52. The minimum Gasteiger partial charge on any atom is -0.341 e. The van der Waals surface area contributed by atoms with E-state index in [1.807, 2.05) is 44.2 Å². The first-order valence-corrected chi connectivity index (χ1v) is 10.4. The Morgan fingerprint density at radius 1 is 1.00 bits per heavy atom. The van der Waals surface area contributed by atoms with Gasteiger partial charge in [-0.3, -0.25) is 19.3 Å². The molecule has 1 saturated heterocycles. The third kappa shape index (κ3) is 2.97. The molecule has 3 amide bonds. The fourth-order valence-corrected chi connectivity index (χ4v) is 5.28. The Kier molecular flexibility index (Phi) is 5.09. The summed E-state index contributed by atoms with van der Waals surface area (Å²) in [6.45, 7) is 4.99. The molecule has 0 aromatic heterocycles. The molecule has 5 rings (SSSR count). The van der Waals surface area contributed by atoms with Crippen molar-refractivity contribution in [1.29, 1.82) is 0 Å². The third-order valence-corrected chi connectivity index (χ3v) is 6.74. The van der Waals surface area contributed by atoms with Gasteiger partial charge in [0.1, 0.15) is 6.04 Å². The maximum atomic E-state index is 13.4. The maximum Gasteiger partial charge on any atom is 0.246 e. The van der Waals surface area contributed by atoms with E-state index >= 15 is 0 Å². The zero-order chi connectivity index (χ0) is 19.8. The van der Waals surface area contributed by atoms with Gasteiger partial charge in [0, 0.05) is 19.5 Å². The van der Waals surface area contributed by atoms with Crippen LogP contribution in [-0.2, 0) is 20.8 Å². The molecule has 0 radical (unpaired) electrons. The van der Waals surface area contributed by atoms with E-state index in [1.165, 1.54) is 4.90 Å². The molecule has 5 unspecified atom stereocenters. The van der Waals surface area contributed by atoms with Crippen molar-refractivity contribution >= 4 is 17.7 Å². The number of fused-ring (bicyclic) bond motifs is 1. The number of rotatable bonds is 6. The number of imide groups is 1. The molecule has 4 aliphatic rings. The summed E-state index contributed by atoms with van der Waals surface area (Å²) in [6, 6.07) is 8.91. The molecule has 0 N–H and O–H groups in total. The summed E-state index contributed by atoms with van der Waals surface area (Å²) in [7, 11) is 0. The van der Waals surface area contributed by atoms with E-state index in [-0.39, 0.29) is 41.4 Å². The van der Waals surface area contributed by atoms with Crippen LogP contribution in [0.1, 0.15) is 32.3 Å². The van der Waals surface area contributed by atoms with E-state index < -0.39 is 6.04 Å². The van der Waals surface area contributed by atoms with Crippen LogP contribution in [0.15, 0.2) is 42.5 Å². The lowest BCUT2D eigenvalue weighted by molar-refractivity contribution is -0.151. The molecule has 28 heavy (non-hydrogen) atoms. The zero-order valence-corrected chi connectivity index (χ0v) is 16.6. The largest absolute Gasteiger partial charge is 0.341 e. The SMILES string of the molecule is CCN(CC)C(=O)C(Cc1ccccc1)N1C(=O)C2C3C=CC(CC3)C2C1=O. The summed E-state index contributed by atoms with van der Waals surface area (Å²) in [5.74, 6) is -0.701. The number of benzene rings is 1. The highest BCUT2D eigenvalue weighted by Gasteiger charge is 2.58. The van der Waals surface area contributed by atoms with Gasteiger partial charge in [-0.2, -0.15) is 0 Å². The van der Waals surface area contributed by atoms with Gasteiger partial charge in [-0.15, -0.1) is 0 Å². The molecule has 2 bridgehead atoms. The lowest BCUT2D eigenvalue weighted by Gasteiger charge is -2.38. The molecule has 1 aromatic carbocycles. The molecule has 5 atom stereocenters. The number of carbonyl (C=O) groups is 3. The molecule has 1 heterocycles. The van der Waals surface area contributed by atoms with Gasteiger partial charge in [-0.25, -0.2) is 0 Å². The summed E-state index contributed by atoms with van der Waals surface area (Å²) >= 11 is 0. The number of allylic oxidation sites excluding steroid dienone is 2. The van der Waals surface area contributed by atoms with Crippen LogP contribution >= 0.6 is 0 Å². The van der Waals surface area contributed by atoms with Gasteiger partial charge < -0.3 is 4.90 Å². The summed E-state index contributed by atoms with van der Waals surface area (Å²) in [4.78, 5) is 43.1. The number of hydrogen-bond acceptors (Lipinski definition) is 3. The molecule has 1 aromatic rings. The average molecular weight is 380 g/mol. The Morgan fingerprint density at radius 3 is 2.00 bits per heavy atom. The normalized spacial score (nSPS) is 29.1. The summed E-state index contributed by atoms with van der Waals surface area (Å²) in [6.07, 6.45) is 6.52. The second-order valence-corrected chi connectivity index (χ2v) is 8.10. The molecule has 3 aliphatic carbocycles. The number of likely N-dealkylation sites (tertiary alicyclic amines) is 1. The average Bonchev–Trinajstić information content (AvgIpc) is 3.01. The number of carbonyl (C=O) groups excluding carboxylic acids is 3. The molecule has 5 nitrogen and oxygen atoms in total. The standard InChI is InChI=1S/C23H28N2O3/c1-3-24(4-2)21(26)18(14-15-8-6-5-7-9-15)25-22(27)19-16-10-11-17(13-12-16)20(19)23(25)28/h5-11,16-20H,3-4,12-14H2,1-2H3. The number of likely N-dealkylation sites (N-methyl/N-ethyl adjacent to an activating group) is 1. The van der Waals surface area contributed by atoms with Crippen molar-refractivity contribution in [2.24, 2.45) is 23.7 Å². The van der Waals surface area contributed by atoms with Gasteiger partial charge in [-0.1, -0.05) is 42.5 Å². The molecular weight excluding hydrogens is 352 g/mol. The van der Waals surface area contributed by atoms with Gasteiger partial charge in [0.15, 0.2) is 0 Å². The quantitative estimate of drug-likeness (QED) is 0.563. The van der Waals surface area contributed by atoms with Crippen molar-refractivity contribution in [3.8, 4) is 0 Å². The van der Waals surface area contributed by atoms with Gasteiger partial charge >= 0.3 is 0 Å². The second kappa shape index (κ2) is 7.53. The Hall–Kier alpha value is -2.43. The second-order valence-electron chi connectivity index (χ2n) is 8.10. The highest BCUT2D eigenvalue weighted by atomic mass is 16.2. The highest BCUT2D eigenvalue weighted by molar-refractivity contribution is 6.09. The van der Waals surface area contributed by atoms with Crippen LogP contribution < -0.4 is 0 Å². The zero-order valence-electron chi connectivity index (χ0n) is 16.6. The smallest absolute Gasteiger partial charge is 0.246 e. The molecule has 2 fully saturated rings. The molecular formula is C23H28N2O3. The van der Waals surface area contributed by atoms with Crippen molar-refractivity contribution in [1.82, 2.24) is 9.80 Å². The molecule has 1 saturated carbocycles. The van der Waals surface area contributed by atoms with Crippen LogP contribution in [0.4, 0.5) is 0 Å². The number of amides is 3. The lowest BCUT2D eigenvalue weighted by atomic mass is 9.63. The van der Waals surface area contributed by atoms with Crippen molar-refractivity contribution in [2.45, 2.75) is 39.2 Å². The van der Waals surface area contributed by atoms with E-state index in [1.54, 1.807) is 4.90 Å². The monoisotopic (exact) mass is 380 g/mol. The van der Waals surface area contributed by atoms with Gasteiger partial charge in [0.05, 0.1) is 11.8 Å². The van der Waals surface area contributed by atoms with Gasteiger partial charge in [0.25, 0.3) is 0 Å². The van der Waals surface area contributed by atoms with Crippen molar-refractivity contribution in [3.63, 3.8) is 0 Å². The minimum atomic E-state index is -0.757. The first kappa shape index (κ1) is 18.9. The Bertz CT molecular complexity index is 767. The number of hydrogen-bond donors (Lipinski definition) is 0. The molecule has 5 heteroatoms. The van der Waals surface area contributed by atoms with E-state index in [0.717, 1.165) is 18.4 Å². The summed E-state index contributed by atoms with van der Waals surface area (Å²) in [5.41, 5.74) is 0.963. The highest BCUT2D eigenvalue weighted by Crippen LogP contribution is 2.50. The Morgan fingerprint density at radius 2 is 1.54 bits per heavy atom. The fraction of sp³-hybridized carbons (Fsp3) is 0.522. The molecule has 148 valence electrons. The predicted octanol–water partition coefficient (Wildman–Crippen LogP) is 2.66. The summed E-state index contributed by atoms with van der Waals surface area (Å²) in [5, 5.41) is 0. The van der Waals surface area contributed by atoms with E-state index in [0.29, 0.717) is 19.5 Å². The van der Waals surface area contributed by atoms with Crippen LogP contribution in [0.3, 0.4) is 0 Å². The first-order valence-electron chi connectivity index (χ1n) is 10.4. The van der Waals surface area contributed by atoms with Crippen LogP contribution in [0, 0.1) is 23.7 Å². The first-order chi connectivity index (χ1) is 13.6. The Labute approximate surface area is 166 Å². The summed E-state index contributed by atoms with van der Waals surface area (Å²) < 4.78 is 0. The van der Waals surface area contributed by atoms with Crippen LogP contribution in [-0.4, -0.2) is 46.7 Å². The van der Waals surface area contributed by atoms with Gasteiger partial charge in [0.2, 0.25) is 17.7 Å². The fourth-order valence-electron chi connectivity index (χ4n) is 5.28. The van der Waals surface area contributed by atoms with Crippen LogP contribution in [0.5, 0.6) is 0 Å². The van der Waals surface area contributed by atoms with E-state index in [4.69, 9.17) is 0 Å². The topological polar surface area (TPSA) is 57.7 Å². The van der Waals surface area contributed by atoms with Crippen LogP contribution in [0.25, 0.3) is 0 Å². The van der Waals surface area contributed by atoms with Crippen molar-refractivity contribution in [3.05, 3.63) is 48.0 Å². The van der Waals surface area contributed by atoms with E-state index in [9.17, 15) is 14.4 Å². The molecule has 1 aliphatic heterocycles. The van der Waals surface area contributed by atoms with Crippen molar-refractivity contribution in [2.75, 3.05) is 13.1 Å². The maximum absolute atomic E-state index is 13.4. The third-order valence-electron chi connectivity index (χ3n) is 6.74. The van der Waals surface area contributed by atoms with E-state index in [2.05, 4.69) is 12.2 Å². The Balaban J connectivity index is 1.69. The molecule has 0 spiro atoms. The number of nitrogens with zero attached hydrogens (tertiary/aromatic N) is 2. The van der Waals surface area contributed by atoms with Gasteiger partial charge in [-0.05, 0) is 44.1 Å². The van der Waals surface area contributed by atoms with Crippen molar-refractivity contribution < 1.29 is 14.4 Å².